The van der Waals surface area contributed by atoms with Crippen LogP contribution in [0, 0.1) is 5.82 Å². The van der Waals surface area contributed by atoms with Crippen molar-refractivity contribution in [1.82, 2.24) is 4.90 Å². The maximum Gasteiger partial charge on any atom is 0.339 e. The molecular formula is C26H28FNO6S. The van der Waals surface area contributed by atoms with Gasteiger partial charge in [-0.2, -0.15) is 8.42 Å². The Morgan fingerprint density at radius 2 is 1.57 bits per heavy atom. The van der Waals surface area contributed by atoms with Crippen LogP contribution < -0.4 is 13.7 Å². The van der Waals surface area contributed by atoms with E-state index in [1.165, 1.54) is 19.2 Å². The number of amides is 1. The maximum absolute atomic E-state index is 13.4. The molecule has 0 aliphatic heterocycles. The normalized spacial score (nSPS) is 12.0. The third-order valence-electron chi connectivity index (χ3n) is 5.61. The molecule has 7 nitrogen and oxygen atoms in total. The highest BCUT2D eigenvalue weighted by molar-refractivity contribution is 7.87. The van der Waals surface area contributed by atoms with Gasteiger partial charge in [-0.15, -0.1) is 0 Å². The summed E-state index contributed by atoms with van der Waals surface area (Å²) in [6, 6.07) is 15.8. The van der Waals surface area contributed by atoms with Crippen LogP contribution in [0.5, 0.6) is 17.2 Å². The molecule has 0 spiro atoms. The number of hydrogen-bond acceptors (Lipinski definition) is 6. The highest BCUT2D eigenvalue weighted by atomic mass is 32.2. The summed E-state index contributed by atoms with van der Waals surface area (Å²) in [6.45, 7) is 4.25. The minimum Gasteiger partial charge on any atom is -0.497 e. The van der Waals surface area contributed by atoms with Gasteiger partial charge in [0.25, 0.3) is 5.91 Å². The second-order valence-corrected chi connectivity index (χ2v) is 9.44. The van der Waals surface area contributed by atoms with Crippen molar-refractivity contribution in [2.45, 2.75) is 37.8 Å². The molecule has 0 radical (unpaired) electrons. The Bertz CT molecular complexity index is 1260. The average molecular weight is 502 g/mol. The Labute approximate surface area is 205 Å². The zero-order chi connectivity index (χ0) is 25.6. The standard InChI is InChI=1S/C26H28FNO6S/c1-5-18(2)28(26(29)24-15-12-22(32-3)16-25(24)33-4)17-19-6-10-21(11-7-19)34-35(30,31)23-13-8-20(27)9-14-23/h6-16,18H,5,17H2,1-4H3/t18-/m1/s1. The van der Waals surface area contributed by atoms with Crippen molar-refractivity contribution in [2.24, 2.45) is 0 Å². The predicted octanol–water partition coefficient (Wildman–Crippen LogP) is 5.05. The first kappa shape index (κ1) is 26.0. The first-order valence-electron chi connectivity index (χ1n) is 11.0. The first-order chi connectivity index (χ1) is 16.7. The molecule has 3 rings (SSSR count). The van der Waals surface area contributed by atoms with E-state index in [-0.39, 0.29) is 22.6 Å². The lowest BCUT2D eigenvalue weighted by molar-refractivity contribution is 0.0668. The van der Waals surface area contributed by atoms with Crippen molar-refractivity contribution in [3.05, 3.63) is 83.7 Å². The summed E-state index contributed by atoms with van der Waals surface area (Å²) in [5, 5.41) is 0. The fraction of sp³-hybridized carbons (Fsp3) is 0.269. The zero-order valence-electron chi connectivity index (χ0n) is 20.0. The predicted molar refractivity (Wildman–Crippen MR) is 130 cm³/mol. The molecule has 0 saturated heterocycles. The molecule has 0 N–H and O–H groups in total. The Kier molecular flexibility index (Phi) is 8.34. The summed E-state index contributed by atoms with van der Waals surface area (Å²) < 4.78 is 53.8. The van der Waals surface area contributed by atoms with E-state index in [2.05, 4.69) is 0 Å². The molecule has 0 heterocycles. The minimum atomic E-state index is -4.10. The number of ether oxygens (including phenoxy) is 2. The smallest absolute Gasteiger partial charge is 0.339 e. The molecule has 1 amide bonds. The van der Waals surface area contributed by atoms with Crippen LogP contribution in [-0.2, 0) is 16.7 Å². The van der Waals surface area contributed by atoms with Crippen LogP contribution in [0.3, 0.4) is 0 Å². The van der Waals surface area contributed by atoms with Gasteiger partial charge >= 0.3 is 10.1 Å². The lowest BCUT2D eigenvalue weighted by atomic mass is 10.1. The van der Waals surface area contributed by atoms with E-state index in [0.29, 0.717) is 23.6 Å². The Morgan fingerprint density at radius 1 is 0.943 bits per heavy atom. The number of carbonyl (C=O) groups excluding carboxylic acids is 1. The molecule has 186 valence electrons. The molecule has 9 heteroatoms. The number of hydrogen-bond donors (Lipinski definition) is 0. The van der Waals surface area contributed by atoms with Crippen molar-refractivity contribution in [3.8, 4) is 17.2 Å². The molecule has 3 aromatic rings. The van der Waals surface area contributed by atoms with Gasteiger partial charge in [0, 0.05) is 18.7 Å². The highest BCUT2D eigenvalue weighted by Gasteiger charge is 2.24. The molecule has 0 unspecified atom stereocenters. The third kappa shape index (κ3) is 6.30. The third-order valence-corrected chi connectivity index (χ3v) is 6.87. The van der Waals surface area contributed by atoms with E-state index < -0.39 is 15.9 Å². The summed E-state index contributed by atoms with van der Waals surface area (Å²) in [5.74, 6) is 0.368. The Morgan fingerprint density at radius 3 is 2.14 bits per heavy atom. The largest absolute Gasteiger partial charge is 0.497 e. The molecule has 0 fully saturated rings. The number of benzene rings is 3. The lowest BCUT2D eigenvalue weighted by Gasteiger charge is -2.29. The summed E-state index contributed by atoms with van der Waals surface area (Å²) in [6.07, 6.45) is 0.737. The van der Waals surface area contributed by atoms with E-state index in [1.54, 1.807) is 42.3 Å². The molecule has 0 aromatic heterocycles. The second-order valence-electron chi connectivity index (χ2n) is 7.89. The molecule has 0 aliphatic carbocycles. The maximum atomic E-state index is 13.4. The van der Waals surface area contributed by atoms with Crippen molar-refractivity contribution in [1.29, 1.82) is 0 Å². The van der Waals surface area contributed by atoms with Gasteiger partial charge in [-0.05, 0) is 67.4 Å². The zero-order valence-corrected chi connectivity index (χ0v) is 20.8. The number of methoxy groups -OCH3 is 2. The van der Waals surface area contributed by atoms with Gasteiger partial charge in [0.2, 0.25) is 0 Å². The van der Waals surface area contributed by atoms with Crippen LogP contribution in [0.4, 0.5) is 4.39 Å². The Balaban J connectivity index is 1.80. The Hall–Kier alpha value is -3.59. The van der Waals surface area contributed by atoms with E-state index in [0.717, 1.165) is 36.2 Å². The van der Waals surface area contributed by atoms with Crippen LogP contribution >= 0.6 is 0 Å². The van der Waals surface area contributed by atoms with Crippen LogP contribution in [0.25, 0.3) is 0 Å². The summed E-state index contributed by atoms with van der Waals surface area (Å²) in [7, 11) is -1.06. The van der Waals surface area contributed by atoms with Crippen LogP contribution in [-0.4, -0.2) is 39.5 Å². The van der Waals surface area contributed by atoms with Crippen LogP contribution in [0.15, 0.2) is 71.6 Å². The SMILES string of the molecule is CC[C@@H](C)N(Cc1ccc(OS(=O)(=O)c2ccc(F)cc2)cc1)C(=O)c1ccc(OC)cc1OC. The van der Waals surface area contributed by atoms with Crippen molar-refractivity contribution >= 4 is 16.0 Å². The summed E-state index contributed by atoms with van der Waals surface area (Å²) >= 11 is 0. The van der Waals surface area contributed by atoms with Crippen molar-refractivity contribution < 1.29 is 31.3 Å². The van der Waals surface area contributed by atoms with Gasteiger partial charge in [-0.3, -0.25) is 4.79 Å². The topological polar surface area (TPSA) is 82.1 Å². The van der Waals surface area contributed by atoms with Gasteiger partial charge in [-0.25, -0.2) is 4.39 Å². The van der Waals surface area contributed by atoms with E-state index in [9.17, 15) is 17.6 Å². The van der Waals surface area contributed by atoms with Crippen LogP contribution in [0.1, 0.15) is 36.2 Å². The molecular weight excluding hydrogens is 473 g/mol. The van der Waals surface area contributed by atoms with E-state index in [4.69, 9.17) is 13.7 Å². The monoisotopic (exact) mass is 501 g/mol. The van der Waals surface area contributed by atoms with Crippen molar-refractivity contribution in [2.75, 3.05) is 14.2 Å². The van der Waals surface area contributed by atoms with Gasteiger partial charge in [0.1, 0.15) is 28.0 Å². The van der Waals surface area contributed by atoms with Gasteiger partial charge < -0.3 is 18.6 Å². The lowest BCUT2D eigenvalue weighted by Crippen LogP contribution is -2.38. The van der Waals surface area contributed by atoms with Gasteiger partial charge in [0.05, 0.1) is 19.8 Å². The summed E-state index contributed by atoms with van der Waals surface area (Å²) in [5.41, 5.74) is 1.21. The minimum absolute atomic E-state index is 0.0657. The summed E-state index contributed by atoms with van der Waals surface area (Å²) in [4.78, 5) is 15.0. The van der Waals surface area contributed by atoms with E-state index in [1.807, 2.05) is 13.8 Å². The van der Waals surface area contributed by atoms with Crippen molar-refractivity contribution in [3.63, 3.8) is 0 Å². The van der Waals surface area contributed by atoms with E-state index >= 15 is 0 Å². The molecule has 3 aromatic carbocycles. The fourth-order valence-corrected chi connectivity index (χ4v) is 4.33. The van der Waals surface area contributed by atoms with Crippen LogP contribution in [0.2, 0.25) is 0 Å². The highest BCUT2D eigenvalue weighted by Crippen LogP contribution is 2.28. The second kappa shape index (κ2) is 11.2. The molecule has 0 saturated carbocycles. The fourth-order valence-electron chi connectivity index (χ4n) is 3.40. The number of nitrogens with zero attached hydrogens (tertiary/aromatic N) is 1. The quantitative estimate of drug-likeness (QED) is 0.362. The average Bonchev–Trinajstić information content (AvgIpc) is 2.87. The molecule has 0 bridgehead atoms. The number of carbonyl (C=O) groups is 1. The molecule has 1 atom stereocenters. The van der Waals surface area contributed by atoms with Gasteiger partial charge in [-0.1, -0.05) is 19.1 Å². The number of rotatable bonds is 10. The molecule has 35 heavy (non-hydrogen) atoms. The first-order valence-corrected chi connectivity index (χ1v) is 12.4. The van der Waals surface area contributed by atoms with Gasteiger partial charge in [0.15, 0.2) is 0 Å². The number of halogens is 1. The molecule has 0 aliphatic rings.